The van der Waals surface area contributed by atoms with E-state index in [1.807, 2.05) is 42.5 Å². The summed E-state index contributed by atoms with van der Waals surface area (Å²) in [5.41, 5.74) is 8.25. The minimum Gasteiger partial charge on any atom is -0.398 e. The predicted octanol–water partition coefficient (Wildman–Crippen LogP) is 3.44. The molecule has 2 N–H and O–H groups in total. The van der Waals surface area contributed by atoms with E-state index in [0.717, 1.165) is 20.2 Å². The van der Waals surface area contributed by atoms with E-state index in [1.165, 1.54) is 0 Å². The van der Waals surface area contributed by atoms with Crippen molar-refractivity contribution in [2.75, 3.05) is 5.73 Å². The van der Waals surface area contributed by atoms with Gasteiger partial charge in [0.15, 0.2) is 5.82 Å². The first-order valence-electron chi connectivity index (χ1n) is 5.76. The Morgan fingerprint density at radius 2 is 1.65 bits per heavy atom. The summed E-state index contributed by atoms with van der Waals surface area (Å²) in [7, 11) is 0. The molecular weight excluding hydrogens is 386 g/mol. The van der Waals surface area contributed by atoms with Gasteiger partial charge >= 0.3 is 0 Å². The highest BCUT2D eigenvalue weighted by Crippen LogP contribution is 2.32. The van der Waals surface area contributed by atoms with Crippen LogP contribution in [0, 0.1) is 0 Å². The van der Waals surface area contributed by atoms with Crippen molar-refractivity contribution in [3.05, 3.63) is 51.4 Å². The number of nitrogens with two attached hydrogens (primary N) is 1. The number of nitrogens with zero attached hydrogens (tertiary/aromatic N) is 4. The number of nitrogen functional groups attached to an aromatic ring is 1. The lowest BCUT2D eigenvalue weighted by Crippen LogP contribution is -2.03. The number of anilines is 1. The molecule has 7 heteroatoms. The van der Waals surface area contributed by atoms with Gasteiger partial charge in [0.2, 0.25) is 0 Å². The first-order chi connectivity index (χ1) is 9.68. The van der Waals surface area contributed by atoms with Gasteiger partial charge in [-0.3, -0.25) is 0 Å². The summed E-state index contributed by atoms with van der Waals surface area (Å²) in [6.07, 6.45) is 0. The Hall–Kier alpha value is -1.73. The highest BCUT2D eigenvalue weighted by molar-refractivity contribution is 9.11. The number of rotatable bonds is 2. The summed E-state index contributed by atoms with van der Waals surface area (Å²) in [5, 5.41) is 11.9. The second kappa shape index (κ2) is 5.34. The number of para-hydroxylation sites is 2. The molecule has 0 aliphatic heterocycles. The van der Waals surface area contributed by atoms with Gasteiger partial charge in [0.1, 0.15) is 0 Å². The molecule has 0 aliphatic rings. The van der Waals surface area contributed by atoms with Crippen LogP contribution in [0.5, 0.6) is 0 Å². The fourth-order valence-electron chi connectivity index (χ4n) is 1.90. The number of halogens is 2. The molecule has 0 saturated heterocycles. The van der Waals surface area contributed by atoms with E-state index in [1.54, 1.807) is 4.68 Å². The van der Waals surface area contributed by atoms with Gasteiger partial charge in [-0.2, -0.15) is 4.68 Å². The van der Waals surface area contributed by atoms with Crippen molar-refractivity contribution in [3.8, 4) is 17.1 Å². The zero-order valence-electron chi connectivity index (χ0n) is 10.2. The lowest BCUT2D eigenvalue weighted by atomic mass is 10.1. The maximum absolute atomic E-state index is 6.00. The van der Waals surface area contributed by atoms with Gasteiger partial charge < -0.3 is 5.73 Å². The Morgan fingerprint density at radius 1 is 0.950 bits per heavy atom. The molecule has 5 nitrogen and oxygen atoms in total. The second-order valence-corrected chi connectivity index (χ2v) is 5.78. The van der Waals surface area contributed by atoms with E-state index in [4.69, 9.17) is 5.73 Å². The molecular formula is C13H9Br2N5. The van der Waals surface area contributed by atoms with Crippen molar-refractivity contribution >= 4 is 37.5 Å². The zero-order valence-corrected chi connectivity index (χ0v) is 13.3. The minimum atomic E-state index is 0.593. The van der Waals surface area contributed by atoms with Crippen LogP contribution in [0.3, 0.4) is 0 Å². The molecule has 3 rings (SSSR count). The third kappa shape index (κ3) is 2.23. The average molecular weight is 395 g/mol. The van der Waals surface area contributed by atoms with E-state index in [-0.39, 0.29) is 0 Å². The summed E-state index contributed by atoms with van der Waals surface area (Å²) < 4.78 is 3.42. The van der Waals surface area contributed by atoms with Crippen LogP contribution in [0.2, 0.25) is 0 Å². The van der Waals surface area contributed by atoms with Gasteiger partial charge in [-0.05, 0) is 66.6 Å². The third-order valence-corrected chi connectivity index (χ3v) is 4.10. The molecule has 100 valence electrons. The van der Waals surface area contributed by atoms with E-state index >= 15 is 0 Å². The van der Waals surface area contributed by atoms with Crippen molar-refractivity contribution in [2.45, 2.75) is 0 Å². The normalized spacial score (nSPS) is 10.7. The van der Waals surface area contributed by atoms with Gasteiger partial charge in [0.25, 0.3) is 0 Å². The Labute approximate surface area is 132 Å². The molecule has 20 heavy (non-hydrogen) atoms. The molecule has 1 heterocycles. The number of hydrogen-bond donors (Lipinski definition) is 1. The van der Waals surface area contributed by atoms with Crippen molar-refractivity contribution < 1.29 is 0 Å². The average Bonchev–Trinajstić information content (AvgIpc) is 2.88. The lowest BCUT2D eigenvalue weighted by molar-refractivity contribution is 0.786. The SMILES string of the molecule is Nc1ccccc1-c1nnnn1-c1c(Br)cccc1Br. The molecule has 0 amide bonds. The lowest BCUT2D eigenvalue weighted by Gasteiger charge is -2.10. The van der Waals surface area contributed by atoms with Gasteiger partial charge in [-0.1, -0.05) is 18.2 Å². The first kappa shape index (κ1) is 13.3. The van der Waals surface area contributed by atoms with Crippen LogP contribution in [0.1, 0.15) is 0 Å². The van der Waals surface area contributed by atoms with Gasteiger partial charge in [0, 0.05) is 20.2 Å². The Kier molecular flexibility index (Phi) is 3.54. The first-order valence-corrected chi connectivity index (χ1v) is 7.34. The van der Waals surface area contributed by atoms with Crippen molar-refractivity contribution in [2.24, 2.45) is 0 Å². The van der Waals surface area contributed by atoms with Crippen molar-refractivity contribution in [3.63, 3.8) is 0 Å². The van der Waals surface area contributed by atoms with Crippen LogP contribution in [0.15, 0.2) is 51.4 Å². The quantitative estimate of drug-likeness (QED) is 0.676. The van der Waals surface area contributed by atoms with Crippen LogP contribution >= 0.6 is 31.9 Å². The molecule has 0 fully saturated rings. The van der Waals surface area contributed by atoms with E-state index < -0.39 is 0 Å². The summed E-state index contributed by atoms with van der Waals surface area (Å²) >= 11 is 7.03. The zero-order chi connectivity index (χ0) is 14.1. The topological polar surface area (TPSA) is 69.6 Å². The Bertz CT molecular complexity index is 749. The summed E-state index contributed by atoms with van der Waals surface area (Å²) in [5.74, 6) is 0.593. The van der Waals surface area contributed by atoms with E-state index in [0.29, 0.717) is 11.5 Å². The predicted molar refractivity (Wildman–Crippen MR) is 84.4 cm³/mol. The number of hydrogen-bond acceptors (Lipinski definition) is 4. The van der Waals surface area contributed by atoms with Crippen LogP contribution in [-0.2, 0) is 0 Å². The molecule has 0 atom stereocenters. The fraction of sp³-hybridized carbons (Fsp3) is 0. The minimum absolute atomic E-state index is 0.593. The van der Waals surface area contributed by atoms with E-state index in [2.05, 4.69) is 47.4 Å². The Balaban J connectivity index is 2.24. The largest absolute Gasteiger partial charge is 0.398 e. The monoisotopic (exact) mass is 393 g/mol. The summed E-state index contributed by atoms with van der Waals surface area (Å²) in [6.45, 7) is 0. The number of tetrazole rings is 1. The molecule has 2 aromatic carbocycles. The molecule has 0 saturated carbocycles. The smallest absolute Gasteiger partial charge is 0.189 e. The fourth-order valence-corrected chi connectivity index (χ4v) is 3.23. The van der Waals surface area contributed by atoms with Crippen molar-refractivity contribution in [1.29, 1.82) is 0 Å². The second-order valence-electron chi connectivity index (χ2n) is 4.07. The standard InChI is InChI=1S/C13H9Br2N5/c14-9-5-3-6-10(15)12(9)20-13(17-18-19-20)8-4-1-2-7-11(8)16/h1-7H,16H2. The van der Waals surface area contributed by atoms with Gasteiger partial charge in [0.05, 0.1) is 5.69 Å². The van der Waals surface area contributed by atoms with Crippen LogP contribution in [0.4, 0.5) is 5.69 Å². The molecule has 0 radical (unpaired) electrons. The van der Waals surface area contributed by atoms with Gasteiger partial charge in [-0.25, -0.2) is 0 Å². The van der Waals surface area contributed by atoms with Crippen molar-refractivity contribution in [1.82, 2.24) is 20.2 Å². The number of benzene rings is 2. The molecule has 0 spiro atoms. The van der Waals surface area contributed by atoms with Crippen LogP contribution in [-0.4, -0.2) is 20.2 Å². The Morgan fingerprint density at radius 3 is 2.35 bits per heavy atom. The van der Waals surface area contributed by atoms with E-state index in [9.17, 15) is 0 Å². The maximum Gasteiger partial charge on any atom is 0.189 e. The van der Waals surface area contributed by atoms with Crippen LogP contribution < -0.4 is 5.73 Å². The number of aromatic nitrogens is 4. The summed E-state index contributed by atoms with van der Waals surface area (Å²) in [6, 6.07) is 13.3. The highest BCUT2D eigenvalue weighted by atomic mass is 79.9. The molecule has 3 aromatic rings. The molecule has 0 bridgehead atoms. The van der Waals surface area contributed by atoms with Gasteiger partial charge in [-0.15, -0.1) is 5.10 Å². The molecule has 0 aliphatic carbocycles. The molecule has 1 aromatic heterocycles. The van der Waals surface area contributed by atoms with Crippen LogP contribution in [0.25, 0.3) is 17.1 Å². The highest BCUT2D eigenvalue weighted by Gasteiger charge is 2.16. The maximum atomic E-state index is 6.00. The third-order valence-electron chi connectivity index (χ3n) is 2.82. The summed E-state index contributed by atoms with van der Waals surface area (Å²) in [4.78, 5) is 0. The molecule has 0 unspecified atom stereocenters.